The molecule has 1 aliphatic heterocycles. The van der Waals surface area contributed by atoms with Gasteiger partial charge in [-0.25, -0.2) is 0 Å². The fourth-order valence-corrected chi connectivity index (χ4v) is 3.42. The van der Waals surface area contributed by atoms with Crippen molar-refractivity contribution in [3.05, 3.63) is 63.6 Å². The van der Waals surface area contributed by atoms with Crippen LogP contribution in [0.4, 0.5) is 5.69 Å². The van der Waals surface area contributed by atoms with Gasteiger partial charge in [-0.05, 0) is 35.7 Å². The van der Waals surface area contributed by atoms with E-state index in [2.05, 4.69) is 0 Å². The molecule has 1 saturated heterocycles. The van der Waals surface area contributed by atoms with Gasteiger partial charge in [-0.2, -0.15) is 0 Å². The number of rotatable bonds is 5. The fourth-order valence-electron chi connectivity index (χ4n) is 3.04. The van der Waals surface area contributed by atoms with Crippen LogP contribution in [-0.2, 0) is 22.6 Å². The summed E-state index contributed by atoms with van der Waals surface area (Å²) in [5.41, 5.74) is 2.62. The van der Waals surface area contributed by atoms with E-state index in [4.69, 9.17) is 23.2 Å². The van der Waals surface area contributed by atoms with E-state index in [0.29, 0.717) is 29.4 Å². The summed E-state index contributed by atoms with van der Waals surface area (Å²) in [5.74, 6) is 0.151. The van der Waals surface area contributed by atoms with E-state index in [9.17, 15) is 9.59 Å². The molecule has 3 rings (SSSR count). The monoisotopic (exact) mass is 390 g/mol. The highest BCUT2D eigenvalue weighted by molar-refractivity contribution is 6.42. The number of carbonyl (C=O) groups excluding carboxylic acids is 2. The number of hydrogen-bond donors (Lipinski definition) is 0. The van der Waals surface area contributed by atoms with Crippen molar-refractivity contribution in [3.8, 4) is 0 Å². The molecule has 0 spiro atoms. The molecule has 1 heterocycles. The summed E-state index contributed by atoms with van der Waals surface area (Å²) in [4.78, 5) is 27.7. The van der Waals surface area contributed by atoms with E-state index in [1.807, 2.05) is 36.4 Å². The molecule has 6 heteroatoms. The molecule has 1 fully saturated rings. The fraction of sp³-hybridized carbons (Fsp3) is 0.300. The summed E-state index contributed by atoms with van der Waals surface area (Å²) in [6.07, 6.45) is 1.80. The quantitative estimate of drug-likeness (QED) is 0.762. The smallest absolute Gasteiger partial charge is 0.227 e. The van der Waals surface area contributed by atoms with Gasteiger partial charge in [0.1, 0.15) is 0 Å². The number of halogens is 2. The molecular weight excluding hydrogens is 371 g/mol. The van der Waals surface area contributed by atoms with E-state index in [-0.39, 0.29) is 11.8 Å². The zero-order chi connectivity index (χ0) is 18.7. The topological polar surface area (TPSA) is 40.6 Å². The van der Waals surface area contributed by atoms with Crippen molar-refractivity contribution in [2.75, 3.05) is 18.5 Å². The Morgan fingerprint density at radius 2 is 1.88 bits per heavy atom. The van der Waals surface area contributed by atoms with Gasteiger partial charge in [0, 0.05) is 32.2 Å². The summed E-state index contributed by atoms with van der Waals surface area (Å²) in [6.45, 7) is 1.17. The number of carbonyl (C=O) groups is 2. The number of amides is 2. The summed E-state index contributed by atoms with van der Waals surface area (Å²) in [6, 6.07) is 13.0. The average molecular weight is 391 g/mol. The van der Waals surface area contributed by atoms with Crippen molar-refractivity contribution in [1.29, 1.82) is 0 Å². The molecule has 0 atom stereocenters. The minimum atomic E-state index is -0.00830. The molecule has 2 amide bonds. The highest BCUT2D eigenvalue weighted by Gasteiger charge is 2.21. The van der Waals surface area contributed by atoms with Gasteiger partial charge in [0.05, 0.1) is 16.5 Å². The number of hydrogen-bond acceptors (Lipinski definition) is 2. The predicted octanol–water partition coefficient (Wildman–Crippen LogP) is 4.32. The summed E-state index contributed by atoms with van der Waals surface area (Å²) in [7, 11) is 1.75. The van der Waals surface area contributed by atoms with Crippen LogP contribution in [0.2, 0.25) is 10.0 Å². The van der Waals surface area contributed by atoms with Crippen LogP contribution < -0.4 is 4.90 Å². The highest BCUT2D eigenvalue weighted by Crippen LogP contribution is 2.26. The Kier molecular flexibility index (Phi) is 5.84. The molecule has 0 bridgehead atoms. The van der Waals surface area contributed by atoms with E-state index in [1.54, 1.807) is 22.9 Å². The van der Waals surface area contributed by atoms with Gasteiger partial charge < -0.3 is 9.80 Å². The minimum absolute atomic E-state index is 0.00830. The lowest BCUT2D eigenvalue weighted by molar-refractivity contribution is -0.129. The number of anilines is 1. The maximum Gasteiger partial charge on any atom is 0.227 e. The van der Waals surface area contributed by atoms with E-state index in [0.717, 1.165) is 29.8 Å². The zero-order valence-electron chi connectivity index (χ0n) is 14.5. The lowest BCUT2D eigenvalue weighted by Gasteiger charge is -2.19. The van der Waals surface area contributed by atoms with Crippen molar-refractivity contribution in [3.63, 3.8) is 0 Å². The number of nitrogens with zero attached hydrogens (tertiary/aromatic N) is 2. The molecule has 1 aliphatic rings. The van der Waals surface area contributed by atoms with Gasteiger partial charge in [0.25, 0.3) is 0 Å². The highest BCUT2D eigenvalue weighted by atomic mass is 35.5. The third kappa shape index (κ3) is 4.19. The normalized spacial score (nSPS) is 14.0. The Morgan fingerprint density at radius 3 is 2.54 bits per heavy atom. The largest absolute Gasteiger partial charge is 0.341 e. The molecule has 26 heavy (non-hydrogen) atoms. The standard InChI is InChI=1S/C20H20Cl2N2O2/c1-23(13-15-4-2-5-17(21)20(15)22)19(26)12-14-7-9-16(10-8-14)24-11-3-6-18(24)25/h2,4-5,7-10H,3,6,11-13H2,1H3. The summed E-state index contributed by atoms with van der Waals surface area (Å²) >= 11 is 12.2. The lowest BCUT2D eigenvalue weighted by Crippen LogP contribution is -2.28. The molecule has 0 aromatic heterocycles. The maximum atomic E-state index is 12.5. The molecule has 136 valence electrons. The van der Waals surface area contributed by atoms with Crippen molar-refractivity contribution in [2.24, 2.45) is 0 Å². The average Bonchev–Trinajstić information content (AvgIpc) is 3.05. The molecular formula is C20H20Cl2N2O2. The van der Waals surface area contributed by atoms with Gasteiger partial charge in [0.15, 0.2) is 0 Å². The number of benzene rings is 2. The number of likely N-dealkylation sites (N-methyl/N-ethyl adjacent to an activating group) is 1. The Hall–Kier alpha value is -2.04. The zero-order valence-corrected chi connectivity index (χ0v) is 16.1. The van der Waals surface area contributed by atoms with Crippen molar-refractivity contribution >= 4 is 40.7 Å². The van der Waals surface area contributed by atoms with Crippen molar-refractivity contribution in [2.45, 2.75) is 25.8 Å². The van der Waals surface area contributed by atoms with Gasteiger partial charge in [-0.15, -0.1) is 0 Å². The van der Waals surface area contributed by atoms with Crippen LogP contribution in [-0.4, -0.2) is 30.3 Å². The first-order valence-corrected chi connectivity index (χ1v) is 9.27. The van der Waals surface area contributed by atoms with Crippen LogP contribution in [0.15, 0.2) is 42.5 Å². The SMILES string of the molecule is CN(Cc1cccc(Cl)c1Cl)C(=O)Cc1ccc(N2CCCC2=O)cc1. The Labute approximate surface area is 163 Å². The maximum absolute atomic E-state index is 12.5. The van der Waals surface area contributed by atoms with E-state index in [1.165, 1.54) is 0 Å². The van der Waals surface area contributed by atoms with Crippen LogP contribution in [0.1, 0.15) is 24.0 Å². The van der Waals surface area contributed by atoms with E-state index < -0.39 is 0 Å². The van der Waals surface area contributed by atoms with Gasteiger partial charge in [0.2, 0.25) is 11.8 Å². The molecule has 0 N–H and O–H groups in total. The molecule has 0 unspecified atom stereocenters. The second-order valence-electron chi connectivity index (χ2n) is 6.45. The van der Waals surface area contributed by atoms with Gasteiger partial charge in [-0.1, -0.05) is 47.5 Å². The van der Waals surface area contributed by atoms with Crippen molar-refractivity contribution in [1.82, 2.24) is 4.90 Å². The van der Waals surface area contributed by atoms with Crippen LogP contribution in [0.3, 0.4) is 0 Å². The first kappa shape index (κ1) is 18.7. The van der Waals surface area contributed by atoms with Crippen LogP contribution in [0.25, 0.3) is 0 Å². The Morgan fingerprint density at radius 1 is 1.15 bits per heavy atom. The second kappa shape index (κ2) is 8.11. The first-order valence-electron chi connectivity index (χ1n) is 8.52. The second-order valence-corrected chi connectivity index (χ2v) is 7.24. The molecule has 0 saturated carbocycles. The molecule has 0 radical (unpaired) electrons. The first-order chi connectivity index (χ1) is 12.5. The van der Waals surface area contributed by atoms with Crippen LogP contribution in [0, 0.1) is 0 Å². The van der Waals surface area contributed by atoms with Gasteiger partial charge in [-0.3, -0.25) is 9.59 Å². The third-order valence-corrected chi connectivity index (χ3v) is 5.40. The Balaban J connectivity index is 1.62. The lowest BCUT2D eigenvalue weighted by atomic mass is 10.1. The summed E-state index contributed by atoms with van der Waals surface area (Å²) in [5, 5.41) is 0.963. The molecule has 2 aromatic rings. The van der Waals surface area contributed by atoms with Crippen molar-refractivity contribution < 1.29 is 9.59 Å². The van der Waals surface area contributed by atoms with Crippen LogP contribution in [0.5, 0.6) is 0 Å². The van der Waals surface area contributed by atoms with Crippen LogP contribution >= 0.6 is 23.2 Å². The third-order valence-electron chi connectivity index (χ3n) is 4.54. The summed E-state index contributed by atoms with van der Waals surface area (Å²) < 4.78 is 0. The molecule has 0 aliphatic carbocycles. The molecule has 2 aromatic carbocycles. The van der Waals surface area contributed by atoms with E-state index >= 15 is 0 Å². The molecule has 4 nitrogen and oxygen atoms in total. The predicted molar refractivity (Wildman–Crippen MR) is 105 cm³/mol. The Bertz CT molecular complexity index is 821. The van der Waals surface area contributed by atoms with Gasteiger partial charge >= 0.3 is 0 Å². The minimum Gasteiger partial charge on any atom is -0.341 e.